The molecule has 1 aliphatic heterocycles. The van der Waals surface area contributed by atoms with Crippen LogP contribution in [-0.2, 0) is 9.47 Å². The molecule has 0 radical (unpaired) electrons. The van der Waals surface area contributed by atoms with Gasteiger partial charge in [0.15, 0.2) is 0 Å². The highest BCUT2D eigenvalue weighted by Crippen LogP contribution is 2.42. The molecule has 0 aromatic carbocycles. The number of ether oxygens (including phenoxy) is 2. The van der Waals surface area contributed by atoms with Gasteiger partial charge in [0.2, 0.25) is 0 Å². The van der Waals surface area contributed by atoms with Crippen LogP contribution in [0.1, 0.15) is 40.0 Å². The molecule has 1 heterocycles. The zero-order chi connectivity index (χ0) is 10.8. The van der Waals surface area contributed by atoms with Crippen LogP contribution in [0.5, 0.6) is 0 Å². The molecule has 0 saturated carbocycles. The maximum absolute atomic E-state index is 6.13. The molecule has 0 aromatic rings. The Kier molecular flexibility index (Phi) is 4.02. The van der Waals surface area contributed by atoms with E-state index in [1.54, 1.807) is 7.11 Å². The van der Waals surface area contributed by atoms with Crippen molar-refractivity contribution in [1.82, 2.24) is 0 Å². The van der Waals surface area contributed by atoms with Gasteiger partial charge in [0.05, 0.1) is 17.7 Å². The molecule has 1 saturated heterocycles. The zero-order valence-electron chi connectivity index (χ0n) is 10.2. The third-order valence-electron chi connectivity index (χ3n) is 3.75. The Morgan fingerprint density at radius 3 is 2.43 bits per heavy atom. The molecule has 3 heteroatoms. The van der Waals surface area contributed by atoms with Gasteiger partial charge in [-0.1, -0.05) is 27.2 Å². The van der Waals surface area contributed by atoms with Crippen molar-refractivity contribution in [3.05, 3.63) is 0 Å². The Bertz CT molecular complexity index is 186. The molecule has 0 aromatic heterocycles. The van der Waals surface area contributed by atoms with E-state index < -0.39 is 0 Å². The minimum absolute atomic E-state index is 0.0643. The normalized spacial score (nSPS) is 43.0. The maximum atomic E-state index is 6.13. The Labute approximate surface area is 88.8 Å². The Balaban J connectivity index is 2.79. The zero-order valence-corrected chi connectivity index (χ0v) is 10.2. The minimum atomic E-state index is 0.0643. The smallest absolute Gasteiger partial charge is 0.142 e. The van der Waals surface area contributed by atoms with Crippen LogP contribution in [0.25, 0.3) is 0 Å². The summed E-state index contributed by atoms with van der Waals surface area (Å²) in [4.78, 5) is 0. The number of rotatable bonds is 4. The molecule has 0 spiro atoms. The van der Waals surface area contributed by atoms with Gasteiger partial charge in [-0.15, -0.1) is 0 Å². The van der Waals surface area contributed by atoms with Crippen molar-refractivity contribution in [1.29, 1.82) is 0 Å². The first-order chi connectivity index (χ1) is 6.61. The third kappa shape index (κ3) is 1.85. The van der Waals surface area contributed by atoms with Crippen LogP contribution in [-0.4, -0.2) is 32.7 Å². The van der Waals surface area contributed by atoms with Crippen molar-refractivity contribution in [2.45, 2.75) is 57.7 Å². The quantitative estimate of drug-likeness (QED) is 0.638. The standard InChI is InChI=1S/C11H23BO2/c1-5-7-11(6-2)8(3)9(13-4)10(12)14-11/h8-10H,5-7,12H2,1-4H3/t8?,9-,10+,11-/m0/s1. The van der Waals surface area contributed by atoms with E-state index in [-0.39, 0.29) is 17.7 Å². The number of hydrogen-bond acceptors (Lipinski definition) is 2. The molecular weight excluding hydrogens is 175 g/mol. The van der Waals surface area contributed by atoms with Crippen LogP contribution in [0.4, 0.5) is 0 Å². The second-order valence-electron chi connectivity index (χ2n) is 4.48. The lowest BCUT2D eigenvalue weighted by Crippen LogP contribution is -2.36. The first-order valence-corrected chi connectivity index (χ1v) is 5.82. The molecule has 82 valence electrons. The maximum Gasteiger partial charge on any atom is 0.142 e. The van der Waals surface area contributed by atoms with Crippen molar-refractivity contribution >= 4 is 7.85 Å². The van der Waals surface area contributed by atoms with Gasteiger partial charge in [-0.25, -0.2) is 0 Å². The molecule has 0 bridgehead atoms. The molecule has 14 heavy (non-hydrogen) atoms. The van der Waals surface area contributed by atoms with Gasteiger partial charge in [0, 0.05) is 13.0 Å². The Morgan fingerprint density at radius 1 is 1.43 bits per heavy atom. The second-order valence-corrected chi connectivity index (χ2v) is 4.48. The summed E-state index contributed by atoms with van der Waals surface area (Å²) < 4.78 is 11.6. The summed E-state index contributed by atoms with van der Waals surface area (Å²) in [6.45, 7) is 6.70. The van der Waals surface area contributed by atoms with E-state index in [9.17, 15) is 0 Å². The van der Waals surface area contributed by atoms with E-state index in [1.165, 1.54) is 6.42 Å². The number of methoxy groups -OCH3 is 1. The minimum Gasteiger partial charge on any atom is -0.379 e. The predicted molar refractivity (Wildman–Crippen MR) is 61.3 cm³/mol. The van der Waals surface area contributed by atoms with Crippen LogP contribution in [0.2, 0.25) is 0 Å². The van der Waals surface area contributed by atoms with Gasteiger partial charge in [0.1, 0.15) is 7.85 Å². The fourth-order valence-corrected chi connectivity index (χ4v) is 2.94. The van der Waals surface area contributed by atoms with Crippen molar-refractivity contribution in [2.75, 3.05) is 7.11 Å². The topological polar surface area (TPSA) is 18.5 Å². The van der Waals surface area contributed by atoms with E-state index in [4.69, 9.17) is 9.47 Å². The lowest BCUT2D eigenvalue weighted by atomic mass is 9.79. The largest absolute Gasteiger partial charge is 0.379 e. The average molecular weight is 198 g/mol. The van der Waals surface area contributed by atoms with Crippen molar-refractivity contribution in [3.8, 4) is 0 Å². The fraction of sp³-hybridized carbons (Fsp3) is 1.00. The lowest BCUT2D eigenvalue weighted by molar-refractivity contribution is -0.0416. The van der Waals surface area contributed by atoms with Crippen LogP contribution >= 0.6 is 0 Å². The first kappa shape index (κ1) is 12.1. The average Bonchev–Trinajstić information content (AvgIpc) is 2.40. The molecular formula is C11H23BO2. The van der Waals surface area contributed by atoms with Crippen molar-refractivity contribution < 1.29 is 9.47 Å². The van der Waals surface area contributed by atoms with Gasteiger partial charge in [0.25, 0.3) is 0 Å². The van der Waals surface area contributed by atoms with Crippen LogP contribution < -0.4 is 0 Å². The summed E-state index contributed by atoms with van der Waals surface area (Å²) in [7, 11) is 3.91. The van der Waals surface area contributed by atoms with E-state index in [0.717, 1.165) is 12.8 Å². The third-order valence-corrected chi connectivity index (χ3v) is 3.75. The van der Waals surface area contributed by atoms with E-state index in [0.29, 0.717) is 5.92 Å². The monoisotopic (exact) mass is 198 g/mol. The summed E-state index contributed by atoms with van der Waals surface area (Å²) in [5, 5.41) is 0. The molecule has 1 rings (SSSR count). The Morgan fingerprint density at radius 2 is 2.07 bits per heavy atom. The second kappa shape index (κ2) is 4.67. The van der Waals surface area contributed by atoms with Gasteiger partial charge in [-0.2, -0.15) is 0 Å². The van der Waals surface area contributed by atoms with Crippen LogP contribution in [0, 0.1) is 5.92 Å². The highest BCUT2D eigenvalue weighted by molar-refractivity contribution is 6.11. The van der Waals surface area contributed by atoms with E-state index in [1.807, 2.05) is 0 Å². The van der Waals surface area contributed by atoms with Gasteiger partial charge < -0.3 is 9.47 Å². The number of hydrogen-bond donors (Lipinski definition) is 0. The SMILES string of the molecule is B[C@@H]1O[C@@](CC)(CCC)C(C)[C@@H]1OC. The molecule has 4 atom stereocenters. The molecule has 2 nitrogen and oxygen atoms in total. The van der Waals surface area contributed by atoms with Gasteiger partial charge in [-0.3, -0.25) is 0 Å². The highest BCUT2D eigenvalue weighted by Gasteiger charge is 2.49. The summed E-state index contributed by atoms with van der Waals surface area (Å²) in [6.07, 6.45) is 3.68. The molecule has 0 N–H and O–H groups in total. The molecule has 0 amide bonds. The highest BCUT2D eigenvalue weighted by atomic mass is 16.6. The molecule has 1 aliphatic rings. The van der Waals surface area contributed by atoms with Crippen molar-refractivity contribution in [3.63, 3.8) is 0 Å². The summed E-state index contributed by atoms with van der Waals surface area (Å²) in [5.41, 5.74) is 0.0643. The van der Waals surface area contributed by atoms with Gasteiger partial charge in [-0.05, 0) is 12.8 Å². The molecule has 1 unspecified atom stereocenters. The Hall–Kier alpha value is -0.0151. The van der Waals surface area contributed by atoms with Crippen LogP contribution in [0.15, 0.2) is 0 Å². The summed E-state index contributed by atoms with van der Waals surface area (Å²) >= 11 is 0. The lowest BCUT2D eigenvalue weighted by Gasteiger charge is -2.32. The predicted octanol–water partition coefficient (Wildman–Crippen LogP) is 1.58. The van der Waals surface area contributed by atoms with Gasteiger partial charge >= 0.3 is 0 Å². The summed E-state index contributed by atoms with van der Waals surface area (Å²) in [5.74, 6) is 0.507. The van der Waals surface area contributed by atoms with Crippen LogP contribution in [0.3, 0.4) is 0 Å². The first-order valence-electron chi connectivity index (χ1n) is 5.82. The molecule has 0 aliphatic carbocycles. The summed E-state index contributed by atoms with van der Waals surface area (Å²) in [6, 6.07) is 0.237. The fourth-order valence-electron chi connectivity index (χ4n) is 2.94. The van der Waals surface area contributed by atoms with Crippen molar-refractivity contribution in [2.24, 2.45) is 5.92 Å². The molecule has 1 fully saturated rings. The van der Waals surface area contributed by atoms with E-state index >= 15 is 0 Å². The van der Waals surface area contributed by atoms with E-state index in [2.05, 4.69) is 28.6 Å².